The number of ether oxygens (including phenoxy) is 1. The van der Waals surface area contributed by atoms with E-state index < -0.39 is 32.6 Å². The van der Waals surface area contributed by atoms with Crippen molar-refractivity contribution >= 4 is 25.0 Å². The molecule has 5 N–H and O–H groups in total. The summed E-state index contributed by atoms with van der Waals surface area (Å²) in [6.45, 7) is 5.40. The first-order valence-electron chi connectivity index (χ1n) is 9.66. The van der Waals surface area contributed by atoms with Crippen molar-refractivity contribution in [3.8, 4) is 0 Å². The molecule has 0 amide bonds. The van der Waals surface area contributed by atoms with Crippen molar-refractivity contribution in [2.24, 2.45) is 0 Å². The molecule has 2 rings (SSSR count). The maximum atomic E-state index is 12.0. The summed E-state index contributed by atoms with van der Waals surface area (Å²) in [6, 6.07) is 0. The van der Waals surface area contributed by atoms with Crippen LogP contribution in [0.4, 0.5) is 5.82 Å². The molecule has 0 radical (unpaired) electrons. The predicted molar refractivity (Wildman–Crippen MR) is 106 cm³/mol. The van der Waals surface area contributed by atoms with Crippen LogP contribution < -0.4 is 10.5 Å². The molecule has 3 atom stereocenters. The van der Waals surface area contributed by atoms with Gasteiger partial charge in [0.1, 0.15) is 12.4 Å². The van der Waals surface area contributed by atoms with Crippen LogP contribution in [0.15, 0.2) is 12.7 Å². The summed E-state index contributed by atoms with van der Waals surface area (Å²) in [4.78, 5) is 8.19. The second-order valence-corrected chi connectivity index (χ2v) is 8.43. The summed E-state index contributed by atoms with van der Waals surface area (Å²) in [6.07, 6.45) is 2.51. The highest BCUT2D eigenvalue weighted by Gasteiger charge is 2.31. The van der Waals surface area contributed by atoms with Crippen molar-refractivity contribution in [3.05, 3.63) is 12.7 Å². The minimum atomic E-state index is -2.12. The van der Waals surface area contributed by atoms with Crippen LogP contribution in [-0.4, -0.2) is 61.0 Å². The number of aliphatic hydroxyl groups excluding tert-OH is 2. The number of nitrogens with zero attached hydrogens (tertiary/aromatic N) is 4. The van der Waals surface area contributed by atoms with E-state index in [1.54, 1.807) is 0 Å². The van der Waals surface area contributed by atoms with Crippen LogP contribution in [0.5, 0.6) is 0 Å². The van der Waals surface area contributed by atoms with Crippen LogP contribution in [0.2, 0.25) is 0 Å². The fourth-order valence-electron chi connectivity index (χ4n) is 3.07. The summed E-state index contributed by atoms with van der Waals surface area (Å²) in [5.74, 6) is -0.0138. The maximum Gasteiger partial charge on any atom is 0.289 e. The Hall–Kier alpha value is -1.78. The summed E-state index contributed by atoms with van der Waals surface area (Å²) < 4.78 is 25.8. The van der Waals surface area contributed by atoms with E-state index in [1.807, 2.05) is 20.8 Å². The SMILES string of the molecule is CC[PH](=O)OC(CC)(CC)CCOC([C@H](O)CO)n1cnc2c(N)[n+](O)cnc21. The van der Waals surface area contributed by atoms with Crippen LogP contribution in [0.3, 0.4) is 0 Å². The lowest BCUT2D eigenvalue weighted by atomic mass is 9.94. The number of anilines is 1. The number of nitrogens with two attached hydrogens (primary N) is 1. The highest BCUT2D eigenvalue weighted by molar-refractivity contribution is 7.39. The van der Waals surface area contributed by atoms with Crippen molar-refractivity contribution < 1.29 is 34.0 Å². The van der Waals surface area contributed by atoms with Gasteiger partial charge in [-0.25, -0.2) is 4.98 Å². The lowest BCUT2D eigenvalue weighted by molar-refractivity contribution is -0.894. The largest absolute Gasteiger partial charge is 0.394 e. The van der Waals surface area contributed by atoms with Crippen LogP contribution in [0.25, 0.3) is 11.2 Å². The Labute approximate surface area is 169 Å². The van der Waals surface area contributed by atoms with E-state index in [0.717, 1.165) is 6.33 Å². The van der Waals surface area contributed by atoms with Crippen molar-refractivity contribution in [2.45, 2.75) is 58.0 Å². The van der Waals surface area contributed by atoms with Gasteiger partial charge in [-0.05, 0) is 12.8 Å². The van der Waals surface area contributed by atoms with Gasteiger partial charge in [-0.1, -0.05) is 30.5 Å². The van der Waals surface area contributed by atoms with Crippen molar-refractivity contribution in [3.63, 3.8) is 0 Å². The number of aromatic nitrogens is 4. The zero-order valence-corrected chi connectivity index (χ0v) is 18.0. The van der Waals surface area contributed by atoms with E-state index in [1.165, 1.54) is 10.9 Å². The molecular formula is C17H31N5O6P+. The number of nitrogen functional groups attached to an aromatic ring is 1. The van der Waals surface area contributed by atoms with Crippen LogP contribution in [0, 0.1) is 0 Å². The smallest absolute Gasteiger partial charge is 0.289 e. The van der Waals surface area contributed by atoms with Crippen molar-refractivity contribution in [1.29, 1.82) is 0 Å². The molecule has 0 aromatic carbocycles. The Bertz CT molecular complexity index is 828. The van der Waals surface area contributed by atoms with Gasteiger partial charge in [0.15, 0.2) is 14.3 Å². The molecule has 11 nitrogen and oxygen atoms in total. The Kier molecular flexibility index (Phi) is 8.35. The number of hydrogen-bond acceptors (Lipinski definition) is 9. The second kappa shape index (κ2) is 10.3. The Morgan fingerprint density at radius 3 is 2.62 bits per heavy atom. The first-order valence-corrected chi connectivity index (χ1v) is 11.2. The van der Waals surface area contributed by atoms with Gasteiger partial charge in [0.2, 0.25) is 11.2 Å². The number of aliphatic hydroxyl groups is 2. The molecule has 164 valence electrons. The lowest BCUT2D eigenvalue weighted by Gasteiger charge is -2.32. The molecule has 0 aliphatic rings. The molecule has 0 saturated heterocycles. The molecule has 2 aromatic heterocycles. The van der Waals surface area contributed by atoms with E-state index in [2.05, 4.69) is 9.97 Å². The predicted octanol–water partition coefficient (Wildman–Crippen LogP) is 0.867. The topological polar surface area (TPSA) is 157 Å². The maximum absolute atomic E-state index is 12.0. The Morgan fingerprint density at radius 1 is 1.34 bits per heavy atom. The van der Waals surface area contributed by atoms with Gasteiger partial charge < -0.3 is 30.4 Å². The monoisotopic (exact) mass is 432 g/mol. The average Bonchev–Trinajstić information content (AvgIpc) is 3.16. The van der Waals surface area contributed by atoms with Gasteiger partial charge >= 0.3 is 0 Å². The summed E-state index contributed by atoms with van der Waals surface area (Å²) >= 11 is 0. The molecule has 0 aliphatic carbocycles. The van der Waals surface area contributed by atoms with Crippen LogP contribution >= 0.6 is 8.03 Å². The highest BCUT2D eigenvalue weighted by Crippen LogP contribution is 2.37. The molecule has 2 unspecified atom stereocenters. The third-order valence-electron chi connectivity index (χ3n) is 5.09. The van der Waals surface area contributed by atoms with Crippen molar-refractivity contribution in [2.75, 3.05) is 25.1 Å². The normalized spacial score (nSPS) is 15.5. The molecule has 0 saturated carbocycles. The van der Waals surface area contributed by atoms with E-state index in [4.69, 9.17) is 15.0 Å². The van der Waals surface area contributed by atoms with E-state index in [9.17, 15) is 20.0 Å². The van der Waals surface area contributed by atoms with E-state index >= 15 is 0 Å². The highest BCUT2D eigenvalue weighted by atomic mass is 31.1. The minimum Gasteiger partial charge on any atom is -0.394 e. The van der Waals surface area contributed by atoms with Gasteiger partial charge in [0, 0.05) is 12.6 Å². The molecule has 2 aromatic rings. The zero-order chi connectivity index (χ0) is 21.6. The summed E-state index contributed by atoms with van der Waals surface area (Å²) in [5, 5.41) is 29.4. The number of fused-ring (bicyclic) bond motifs is 1. The molecule has 29 heavy (non-hydrogen) atoms. The zero-order valence-electron chi connectivity index (χ0n) is 17.0. The van der Waals surface area contributed by atoms with Gasteiger partial charge in [0.25, 0.3) is 12.1 Å². The molecule has 0 aliphatic heterocycles. The summed E-state index contributed by atoms with van der Waals surface area (Å²) in [5.41, 5.74) is 5.73. The summed E-state index contributed by atoms with van der Waals surface area (Å²) in [7, 11) is -2.12. The fraction of sp³-hybridized carbons (Fsp3) is 0.706. The van der Waals surface area contributed by atoms with Gasteiger partial charge in [-0.15, -0.1) is 0 Å². The second-order valence-electron chi connectivity index (χ2n) is 6.78. The third kappa shape index (κ3) is 5.23. The standard InChI is InChI=1S/C17H30N5O6P/c1-4-17(5-2,28-29(26)6-3)7-8-27-16(12(24)9-23)21-10-19-13-14(18)22(25)11-20-15(13)21/h10-12,16,18,23-25,29H,4-9H2,1-3H3/p+1/t12-,16?/m1/s1. The average molecular weight is 432 g/mol. The molecule has 2 heterocycles. The van der Waals surface area contributed by atoms with Crippen LogP contribution in [-0.2, 0) is 13.8 Å². The molecule has 0 fully saturated rings. The lowest BCUT2D eigenvalue weighted by Crippen LogP contribution is -2.35. The van der Waals surface area contributed by atoms with Gasteiger partial charge in [-0.3, -0.25) is 9.13 Å². The minimum absolute atomic E-state index is 0.0138. The van der Waals surface area contributed by atoms with Crippen LogP contribution in [0.1, 0.15) is 46.3 Å². The quantitative estimate of drug-likeness (QED) is 0.217. The first kappa shape index (κ1) is 23.5. The number of imidazole rings is 1. The Balaban J connectivity index is 2.22. The number of hydrogen-bond donors (Lipinski definition) is 4. The molecule has 0 bridgehead atoms. The van der Waals surface area contributed by atoms with E-state index in [0.29, 0.717) is 30.2 Å². The fourth-order valence-corrected chi connectivity index (χ4v) is 4.09. The number of rotatable bonds is 12. The first-order chi connectivity index (χ1) is 13.8. The molecule has 0 spiro atoms. The van der Waals surface area contributed by atoms with Gasteiger partial charge in [0.05, 0.1) is 18.8 Å². The molecule has 12 heteroatoms. The third-order valence-corrected chi connectivity index (χ3v) is 6.33. The molecular weight excluding hydrogens is 401 g/mol. The Morgan fingerprint density at radius 2 is 2.03 bits per heavy atom. The van der Waals surface area contributed by atoms with Crippen molar-refractivity contribution in [1.82, 2.24) is 14.5 Å². The van der Waals surface area contributed by atoms with E-state index in [-0.39, 0.29) is 23.6 Å². The van der Waals surface area contributed by atoms with Gasteiger partial charge in [-0.2, -0.15) is 0 Å².